The Labute approximate surface area is 83.6 Å². The third-order valence-corrected chi connectivity index (χ3v) is 2.40. The van der Waals surface area contributed by atoms with E-state index in [1.807, 2.05) is 25.5 Å². The number of carboxylic acid groups (broad SMARTS) is 1. The van der Waals surface area contributed by atoms with Crippen LogP contribution in [0.1, 0.15) is 30.6 Å². The first-order valence-corrected chi connectivity index (χ1v) is 4.79. The van der Waals surface area contributed by atoms with Crippen molar-refractivity contribution in [3.63, 3.8) is 0 Å². The molecule has 78 valence electrons. The van der Waals surface area contributed by atoms with E-state index in [0.29, 0.717) is 6.42 Å². The predicted molar refractivity (Wildman–Crippen MR) is 53.3 cm³/mol. The third kappa shape index (κ3) is 2.13. The van der Waals surface area contributed by atoms with Gasteiger partial charge in [0, 0.05) is 19.2 Å². The summed E-state index contributed by atoms with van der Waals surface area (Å²) < 4.78 is 2.00. The van der Waals surface area contributed by atoms with Gasteiger partial charge in [-0.3, -0.25) is 4.79 Å². The lowest BCUT2D eigenvalue weighted by atomic mass is 10.2. The van der Waals surface area contributed by atoms with Crippen LogP contribution < -0.4 is 0 Å². The average Bonchev–Trinajstić information content (AvgIpc) is 2.39. The van der Waals surface area contributed by atoms with E-state index >= 15 is 0 Å². The highest BCUT2D eigenvalue weighted by Gasteiger charge is 2.10. The zero-order chi connectivity index (χ0) is 10.7. The summed E-state index contributed by atoms with van der Waals surface area (Å²) in [5.41, 5.74) is 1.98. The second kappa shape index (κ2) is 4.26. The lowest BCUT2D eigenvalue weighted by Gasteiger charge is -2.03. The number of hydrogen-bond acceptors (Lipinski definition) is 2. The summed E-state index contributed by atoms with van der Waals surface area (Å²) in [6, 6.07) is 0. The fraction of sp³-hybridized carbons (Fsp3) is 0.600. The van der Waals surface area contributed by atoms with Crippen LogP contribution >= 0.6 is 0 Å². The van der Waals surface area contributed by atoms with Crippen LogP contribution in [0, 0.1) is 6.92 Å². The number of aromatic nitrogens is 2. The molecule has 0 unspecified atom stereocenters. The molecule has 1 rings (SSSR count). The van der Waals surface area contributed by atoms with Gasteiger partial charge in [0.15, 0.2) is 0 Å². The lowest BCUT2D eigenvalue weighted by molar-refractivity contribution is -0.136. The fourth-order valence-corrected chi connectivity index (χ4v) is 1.62. The summed E-state index contributed by atoms with van der Waals surface area (Å²) in [4.78, 5) is 14.8. The molecule has 0 bridgehead atoms. The van der Waals surface area contributed by atoms with Gasteiger partial charge in [0.25, 0.3) is 0 Å². The average molecular weight is 196 g/mol. The molecule has 0 amide bonds. The Hall–Kier alpha value is -1.32. The van der Waals surface area contributed by atoms with Crippen LogP contribution in [0.4, 0.5) is 0 Å². The number of nitrogens with zero attached hydrogens (tertiary/aromatic N) is 2. The molecule has 4 heteroatoms. The molecule has 4 nitrogen and oxygen atoms in total. The summed E-state index contributed by atoms with van der Waals surface area (Å²) in [6.07, 6.45) is 1.61. The lowest BCUT2D eigenvalue weighted by Crippen LogP contribution is -2.04. The smallest absolute Gasteiger partial charge is 0.303 e. The van der Waals surface area contributed by atoms with Crippen LogP contribution in [0.2, 0.25) is 0 Å². The first-order valence-electron chi connectivity index (χ1n) is 4.79. The summed E-state index contributed by atoms with van der Waals surface area (Å²) in [6.45, 7) is 3.97. The minimum Gasteiger partial charge on any atom is -0.481 e. The molecule has 0 saturated heterocycles. The molecule has 0 fully saturated rings. The van der Waals surface area contributed by atoms with Crippen LogP contribution in [-0.2, 0) is 24.7 Å². The van der Waals surface area contributed by atoms with E-state index in [1.54, 1.807) is 0 Å². The molecule has 1 aromatic heterocycles. The van der Waals surface area contributed by atoms with E-state index < -0.39 is 5.97 Å². The number of rotatable bonds is 4. The van der Waals surface area contributed by atoms with Crippen molar-refractivity contribution >= 4 is 5.97 Å². The predicted octanol–water partition coefficient (Wildman–Crippen LogP) is 1.31. The fourth-order valence-electron chi connectivity index (χ4n) is 1.62. The number of carbonyl (C=O) groups is 1. The van der Waals surface area contributed by atoms with Gasteiger partial charge in [-0.2, -0.15) is 0 Å². The largest absolute Gasteiger partial charge is 0.481 e. The Bertz CT molecular complexity index is 342. The SMILES string of the molecule is CCc1nc(C)c(CCC(=O)O)n1C. The molecule has 0 saturated carbocycles. The number of aryl methyl sites for hydroxylation is 2. The molecule has 0 atom stereocenters. The topological polar surface area (TPSA) is 55.1 Å². The monoisotopic (exact) mass is 196 g/mol. The minimum atomic E-state index is -0.761. The van der Waals surface area contributed by atoms with Crippen LogP contribution in [-0.4, -0.2) is 20.6 Å². The molecule has 1 aromatic rings. The van der Waals surface area contributed by atoms with Crippen molar-refractivity contribution in [2.45, 2.75) is 33.1 Å². The van der Waals surface area contributed by atoms with Crippen molar-refractivity contribution in [3.8, 4) is 0 Å². The number of carboxylic acids is 1. The molecule has 0 aliphatic heterocycles. The third-order valence-electron chi connectivity index (χ3n) is 2.40. The Morgan fingerprint density at radius 3 is 2.64 bits per heavy atom. The highest BCUT2D eigenvalue weighted by Crippen LogP contribution is 2.12. The maximum Gasteiger partial charge on any atom is 0.303 e. The van der Waals surface area contributed by atoms with Gasteiger partial charge in [0.05, 0.1) is 12.1 Å². The van der Waals surface area contributed by atoms with Crippen molar-refractivity contribution in [2.24, 2.45) is 7.05 Å². The van der Waals surface area contributed by atoms with Gasteiger partial charge in [-0.15, -0.1) is 0 Å². The standard InChI is InChI=1S/C10H16N2O2/c1-4-9-11-7(2)8(12(9)3)5-6-10(13)14/h4-6H2,1-3H3,(H,13,14). The van der Waals surface area contributed by atoms with E-state index in [1.165, 1.54) is 0 Å². The molecule has 0 aliphatic rings. The molecule has 0 aliphatic carbocycles. The van der Waals surface area contributed by atoms with Crippen LogP contribution in [0.3, 0.4) is 0 Å². The van der Waals surface area contributed by atoms with Crippen LogP contribution in [0.25, 0.3) is 0 Å². The van der Waals surface area contributed by atoms with Gasteiger partial charge in [0.2, 0.25) is 0 Å². The Morgan fingerprint density at radius 2 is 2.21 bits per heavy atom. The van der Waals surface area contributed by atoms with Crippen molar-refractivity contribution in [2.75, 3.05) is 0 Å². The van der Waals surface area contributed by atoms with E-state index in [9.17, 15) is 4.79 Å². The highest BCUT2D eigenvalue weighted by molar-refractivity contribution is 5.67. The Kier molecular flexibility index (Phi) is 3.28. The van der Waals surface area contributed by atoms with E-state index in [-0.39, 0.29) is 6.42 Å². The zero-order valence-corrected chi connectivity index (χ0v) is 8.87. The van der Waals surface area contributed by atoms with E-state index in [2.05, 4.69) is 4.98 Å². The first kappa shape index (κ1) is 10.8. The summed E-state index contributed by atoms with van der Waals surface area (Å²) >= 11 is 0. The van der Waals surface area contributed by atoms with Gasteiger partial charge < -0.3 is 9.67 Å². The zero-order valence-electron chi connectivity index (χ0n) is 8.87. The van der Waals surface area contributed by atoms with Gasteiger partial charge in [-0.1, -0.05) is 6.92 Å². The molecule has 0 radical (unpaired) electrons. The van der Waals surface area contributed by atoms with Gasteiger partial charge >= 0.3 is 5.97 Å². The van der Waals surface area contributed by atoms with Crippen LogP contribution in [0.5, 0.6) is 0 Å². The second-order valence-electron chi connectivity index (χ2n) is 3.37. The number of imidazole rings is 1. The molecular weight excluding hydrogens is 180 g/mol. The van der Waals surface area contributed by atoms with Gasteiger partial charge in [0.1, 0.15) is 5.82 Å². The second-order valence-corrected chi connectivity index (χ2v) is 3.37. The van der Waals surface area contributed by atoms with Crippen molar-refractivity contribution in [1.82, 2.24) is 9.55 Å². The maximum atomic E-state index is 10.4. The normalized spacial score (nSPS) is 10.5. The van der Waals surface area contributed by atoms with Crippen molar-refractivity contribution in [3.05, 3.63) is 17.2 Å². The summed E-state index contributed by atoms with van der Waals surface area (Å²) in [5, 5.41) is 8.59. The molecule has 0 spiro atoms. The minimum absolute atomic E-state index is 0.170. The number of hydrogen-bond donors (Lipinski definition) is 1. The summed E-state index contributed by atoms with van der Waals surface area (Å²) in [5.74, 6) is 0.256. The van der Waals surface area contributed by atoms with Gasteiger partial charge in [-0.05, 0) is 13.3 Å². The molecule has 0 aromatic carbocycles. The van der Waals surface area contributed by atoms with Crippen molar-refractivity contribution < 1.29 is 9.90 Å². The number of aliphatic carboxylic acids is 1. The maximum absolute atomic E-state index is 10.4. The van der Waals surface area contributed by atoms with E-state index in [0.717, 1.165) is 23.6 Å². The van der Waals surface area contributed by atoms with E-state index in [4.69, 9.17) is 5.11 Å². The quantitative estimate of drug-likeness (QED) is 0.789. The first-order chi connectivity index (χ1) is 6.56. The molecule has 1 heterocycles. The van der Waals surface area contributed by atoms with Crippen molar-refractivity contribution in [1.29, 1.82) is 0 Å². The summed E-state index contributed by atoms with van der Waals surface area (Å²) in [7, 11) is 1.94. The Morgan fingerprint density at radius 1 is 1.57 bits per heavy atom. The van der Waals surface area contributed by atoms with Crippen LogP contribution in [0.15, 0.2) is 0 Å². The molecule has 1 N–H and O–H groups in total. The molecular formula is C10H16N2O2. The highest BCUT2D eigenvalue weighted by atomic mass is 16.4. The Balaban J connectivity index is 2.85. The van der Waals surface area contributed by atoms with Gasteiger partial charge in [-0.25, -0.2) is 4.98 Å². The molecule has 14 heavy (non-hydrogen) atoms.